The Balaban J connectivity index is 2.00. The van der Waals surface area contributed by atoms with E-state index >= 15 is 0 Å². The average molecular weight is 269 g/mol. The summed E-state index contributed by atoms with van der Waals surface area (Å²) in [6.07, 6.45) is 1.29. The van der Waals surface area contributed by atoms with Gasteiger partial charge in [-0.3, -0.25) is 4.79 Å². The number of para-hydroxylation sites is 1. The van der Waals surface area contributed by atoms with Crippen LogP contribution in [-0.4, -0.2) is 15.9 Å². The normalized spacial score (nSPS) is 10.6. The highest BCUT2D eigenvalue weighted by Crippen LogP contribution is 2.25. The molecule has 1 amide bonds. The third-order valence-corrected chi connectivity index (χ3v) is 2.76. The van der Waals surface area contributed by atoms with Crippen molar-refractivity contribution in [3.05, 3.63) is 42.2 Å². The molecule has 0 aliphatic heterocycles. The van der Waals surface area contributed by atoms with Crippen molar-refractivity contribution in [2.45, 2.75) is 0 Å². The Bertz CT molecular complexity index is 782. The Hall–Kier alpha value is -3.09. The monoisotopic (exact) mass is 269 g/mol. The van der Waals surface area contributed by atoms with Gasteiger partial charge in [-0.2, -0.15) is 9.97 Å². The van der Waals surface area contributed by atoms with Crippen LogP contribution in [-0.2, 0) is 0 Å². The summed E-state index contributed by atoms with van der Waals surface area (Å²) in [4.78, 5) is 19.9. The Labute approximate surface area is 113 Å². The molecular formula is C13H11N5O2. The summed E-state index contributed by atoms with van der Waals surface area (Å²) in [5.41, 5.74) is 12.4. The molecule has 2 aromatic heterocycles. The second-order valence-electron chi connectivity index (χ2n) is 4.12. The van der Waals surface area contributed by atoms with Crippen molar-refractivity contribution in [1.29, 1.82) is 0 Å². The maximum Gasteiger partial charge on any atom is 0.259 e. The summed E-state index contributed by atoms with van der Waals surface area (Å²) < 4.78 is 5.20. The van der Waals surface area contributed by atoms with Gasteiger partial charge in [0.15, 0.2) is 0 Å². The molecule has 0 aliphatic carbocycles. The maximum atomic E-state index is 12.2. The molecule has 5 N–H and O–H groups in total. The van der Waals surface area contributed by atoms with Crippen LogP contribution in [0.15, 0.2) is 41.0 Å². The number of benzene rings is 1. The summed E-state index contributed by atoms with van der Waals surface area (Å²) in [6.45, 7) is 0. The van der Waals surface area contributed by atoms with E-state index in [4.69, 9.17) is 15.9 Å². The Morgan fingerprint density at radius 2 is 1.90 bits per heavy atom. The van der Waals surface area contributed by atoms with E-state index in [1.807, 2.05) is 18.2 Å². The predicted octanol–water partition coefficient (Wildman–Crippen LogP) is 1.64. The van der Waals surface area contributed by atoms with E-state index in [1.54, 1.807) is 12.1 Å². The van der Waals surface area contributed by atoms with Crippen molar-refractivity contribution in [2.75, 3.05) is 16.8 Å². The fourth-order valence-electron chi connectivity index (χ4n) is 1.87. The van der Waals surface area contributed by atoms with Gasteiger partial charge in [0, 0.05) is 5.69 Å². The highest BCUT2D eigenvalue weighted by Gasteiger charge is 2.18. The number of aromatic nitrogens is 2. The van der Waals surface area contributed by atoms with Crippen LogP contribution in [0.25, 0.3) is 11.1 Å². The second-order valence-corrected chi connectivity index (χ2v) is 4.12. The minimum atomic E-state index is -0.352. The maximum absolute atomic E-state index is 12.2. The number of rotatable bonds is 2. The lowest BCUT2D eigenvalue weighted by Gasteiger charge is -2.03. The summed E-state index contributed by atoms with van der Waals surface area (Å²) in [7, 11) is 0. The van der Waals surface area contributed by atoms with Gasteiger partial charge in [0.1, 0.15) is 12.1 Å². The molecule has 0 saturated carbocycles. The van der Waals surface area contributed by atoms with Gasteiger partial charge in [0.05, 0.1) is 10.9 Å². The zero-order chi connectivity index (χ0) is 14.1. The van der Waals surface area contributed by atoms with Gasteiger partial charge in [-0.1, -0.05) is 18.2 Å². The molecule has 0 atom stereocenters. The van der Waals surface area contributed by atoms with Crippen LogP contribution in [0.1, 0.15) is 10.4 Å². The highest BCUT2D eigenvalue weighted by atomic mass is 16.3. The number of furan rings is 1. The first kappa shape index (κ1) is 12.0. The number of nitrogens with one attached hydrogen (secondary N) is 1. The van der Waals surface area contributed by atoms with Crippen LogP contribution in [0.2, 0.25) is 0 Å². The zero-order valence-electron chi connectivity index (χ0n) is 10.3. The van der Waals surface area contributed by atoms with Crippen molar-refractivity contribution >= 4 is 34.5 Å². The molecule has 0 saturated heterocycles. The fraction of sp³-hybridized carbons (Fsp3) is 0. The smallest absolute Gasteiger partial charge is 0.259 e. The van der Waals surface area contributed by atoms with Crippen LogP contribution < -0.4 is 16.8 Å². The number of nitrogens with two attached hydrogens (primary N) is 2. The van der Waals surface area contributed by atoms with E-state index in [0.29, 0.717) is 11.1 Å². The molecule has 0 aliphatic rings. The standard InChI is InChI=1S/C13H11N5O2/c14-10-9-8(6-20-12(9)18-13(15)17-10)11(19)16-7-4-2-1-3-5-7/h1-6H,(H,16,19)(H4,14,15,17,18). The Morgan fingerprint density at radius 3 is 2.65 bits per heavy atom. The number of anilines is 3. The van der Waals surface area contributed by atoms with Crippen molar-refractivity contribution < 1.29 is 9.21 Å². The summed E-state index contributed by atoms with van der Waals surface area (Å²) in [5, 5.41) is 3.09. The predicted molar refractivity (Wildman–Crippen MR) is 75.0 cm³/mol. The van der Waals surface area contributed by atoms with Gasteiger partial charge < -0.3 is 21.2 Å². The number of carbonyl (C=O) groups excluding carboxylic acids is 1. The van der Waals surface area contributed by atoms with Gasteiger partial charge in [0.2, 0.25) is 11.7 Å². The molecule has 0 fully saturated rings. The summed E-state index contributed by atoms with van der Waals surface area (Å²) in [6, 6.07) is 9.05. The average Bonchev–Trinajstić information content (AvgIpc) is 2.84. The number of fused-ring (bicyclic) bond motifs is 1. The lowest BCUT2D eigenvalue weighted by Crippen LogP contribution is -2.12. The van der Waals surface area contributed by atoms with Gasteiger partial charge in [-0.25, -0.2) is 0 Å². The largest absolute Gasteiger partial charge is 0.445 e. The fourth-order valence-corrected chi connectivity index (χ4v) is 1.87. The summed E-state index contributed by atoms with van der Waals surface area (Å²) in [5.74, 6) is -0.242. The topological polar surface area (TPSA) is 120 Å². The molecule has 3 aromatic rings. The first-order valence-electron chi connectivity index (χ1n) is 5.82. The van der Waals surface area contributed by atoms with Crippen molar-refractivity contribution in [1.82, 2.24) is 9.97 Å². The first-order valence-corrected chi connectivity index (χ1v) is 5.82. The minimum absolute atomic E-state index is 0.000586. The van der Waals surface area contributed by atoms with Crippen molar-refractivity contribution in [2.24, 2.45) is 0 Å². The number of nitrogens with zero attached hydrogens (tertiary/aromatic N) is 2. The van der Waals surface area contributed by atoms with Gasteiger partial charge in [0.25, 0.3) is 5.91 Å². The zero-order valence-corrected chi connectivity index (χ0v) is 10.3. The van der Waals surface area contributed by atoms with E-state index in [-0.39, 0.29) is 29.0 Å². The Kier molecular flexibility index (Phi) is 2.72. The SMILES string of the molecule is Nc1nc(N)c2c(C(=O)Nc3ccccc3)coc2n1. The quantitative estimate of drug-likeness (QED) is 0.650. The number of hydrogen-bond acceptors (Lipinski definition) is 6. The molecule has 1 aromatic carbocycles. The van der Waals surface area contributed by atoms with E-state index in [1.165, 1.54) is 6.26 Å². The van der Waals surface area contributed by atoms with Crippen LogP contribution in [0, 0.1) is 0 Å². The third kappa shape index (κ3) is 2.01. The Morgan fingerprint density at radius 1 is 1.15 bits per heavy atom. The summed E-state index contributed by atoms with van der Waals surface area (Å²) >= 11 is 0. The first-order chi connectivity index (χ1) is 9.65. The molecule has 20 heavy (non-hydrogen) atoms. The minimum Gasteiger partial charge on any atom is -0.445 e. The molecule has 100 valence electrons. The van der Waals surface area contributed by atoms with Gasteiger partial charge in [-0.15, -0.1) is 0 Å². The van der Waals surface area contributed by atoms with E-state index in [0.717, 1.165) is 0 Å². The van der Waals surface area contributed by atoms with E-state index < -0.39 is 0 Å². The highest BCUT2D eigenvalue weighted by molar-refractivity contribution is 6.14. The molecule has 3 rings (SSSR count). The number of nitrogen functional groups attached to an aromatic ring is 2. The molecular weight excluding hydrogens is 258 g/mol. The number of hydrogen-bond donors (Lipinski definition) is 3. The van der Waals surface area contributed by atoms with Crippen LogP contribution >= 0.6 is 0 Å². The number of amides is 1. The molecule has 0 unspecified atom stereocenters. The van der Waals surface area contributed by atoms with Gasteiger partial charge in [-0.05, 0) is 12.1 Å². The molecule has 2 heterocycles. The van der Waals surface area contributed by atoms with Crippen molar-refractivity contribution in [3.8, 4) is 0 Å². The molecule has 0 bridgehead atoms. The molecule has 7 nitrogen and oxygen atoms in total. The van der Waals surface area contributed by atoms with Gasteiger partial charge >= 0.3 is 0 Å². The molecule has 0 radical (unpaired) electrons. The van der Waals surface area contributed by atoms with Crippen LogP contribution in [0.3, 0.4) is 0 Å². The lowest BCUT2D eigenvalue weighted by molar-refractivity contribution is 0.102. The lowest BCUT2D eigenvalue weighted by atomic mass is 10.2. The van der Waals surface area contributed by atoms with E-state index in [9.17, 15) is 4.79 Å². The molecule has 7 heteroatoms. The third-order valence-electron chi connectivity index (χ3n) is 2.76. The van der Waals surface area contributed by atoms with Crippen LogP contribution in [0.5, 0.6) is 0 Å². The second kappa shape index (κ2) is 4.54. The van der Waals surface area contributed by atoms with Crippen molar-refractivity contribution in [3.63, 3.8) is 0 Å². The number of carbonyl (C=O) groups is 1. The van der Waals surface area contributed by atoms with E-state index in [2.05, 4.69) is 15.3 Å². The van der Waals surface area contributed by atoms with Crippen LogP contribution in [0.4, 0.5) is 17.5 Å². The molecule has 0 spiro atoms.